The van der Waals surface area contributed by atoms with Crippen LogP contribution < -0.4 is 0 Å². The fourth-order valence-corrected chi connectivity index (χ4v) is 0.976. The molecule has 70 valence electrons. The minimum atomic E-state index is 0.147. The van der Waals surface area contributed by atoms with Gasteiger partial charge in [0.25, 0.3) is 0 Å². The molecule has 4 nitrogen and oxygen atoms in total. The van der Waals surface area contributed by atoms with Gasteiger partial charge < -0.3 is 4.52 Å². The predicted octanol–water partition coefficient (Wildman–Crippen LogP) is 1.72. The fourth-order valence-electron chi connectivity index (χ4n) is 0.976. The molecule has 1 aromatic rings. The lowest BCUT2D eigenvalue weighted by Gasteiger charge is -2.14. The van der Waals surface area contributed by atoms with E-state index in [1.807, 2.05) is 6.07 Å². The molecule has 0 aromatic carbocycles. The summed E-state index contributed by atoms with van der Waals surface area (Å²) in [4.78, 5) is 4.09. The molecule has 0 aliphatic carbocycles. The van der Waals surface area contributed by atoms with Crippen LogP contribution in [-0.4, -0.2) is 10.1 Å². The third-order valence-corrected chi connectivity index (χ3v) is 1.43. The molecule has 0 fully saturated rings. The lowest BCUT2D eigenvalue weighted by atomic mass is 9.92. The van der Waals surface area contributed by atoms with E-state index in [0.29, 0.717) is 11.7 Å². The van der Waals surface area contributed by atoms with Crippen molar-refractivity contribution in [3.05, 3.63) is 11.7 Å². The average molecular weight is 179 g/mol. The zero-order valence-electron chi connectivity index (χ0n) is 8.16. The highest BCUT2D eigenvalue weighted by molar-refractivity contribution is 4.94. The lowest BCUT2D eigenvalue weighted by molar-refractivity contribution is 0.359. The van der Waals surface area contributed by atoms with Crippen LogP contribution in [0, 0.1) is 16.7 Å². The first kappa shape index (κ1) is 9.72. The Balaban J connectivity index is 2.65. The Morgan fingerprint density at radius 1 is 1.46 bits per heavy atom. The third kappa shape index (κ3) is 3.24. The zero-order chi connectivity index (χ0) is 9.90. The van der Waals surface area contributed by atoms with Gasteiger partial charge >= 0.3 is 0 Å². The lowest BCUT2D eigenvalue weighted by Crippen LogP contribution is -2.10. The van der Waals surface area contributed by atoms with Crippen molar-refractivity contribution in [2.24, 2.45) is 5.41 Å². The largest absolute Gasteiger partial charge is 0.338 e. The minimum Gasteiger partial charge on any atom is -0.338 e. The van der Waals surface area contributed by atoms with Crippen LogP contribution in [0.2, 0.25) is 0 Å². The molecule has 0 saturated heterocycles. The number of hydrogen-bond donors (Lipinski definition) is 0. The summed E-state index contributed by atoms with van der Waals surface area (Å²) in [6.45, 7) is 6.31. The molecule has 0 aliphatic rings. The van der Waals surface area contributed by atoms with E-state index in [1.165, 1.54) is 0 Å². The van der Waals surface area contributed by atoms with Crippen LogP contribution in [0.25, 0.3) is 0 Å². The molecule has 1 heterocycles. The first-order valence-corrected chi connectivity index (χ1v) is 4.20. The van der Waals surface area contributed by atoms with Crippen LogP contribution in [-0.2, 0) is 12.8 Å². The summed E-state index contributed by atoms with van der Waals surface area (Å²) in [5.74, 6) is 1.08. The van der Waals surface area contributed by atoms with E-state index in [9.17, 15) is 0 Å². The summed E-state index contributed by atoms with van der Waals surface area (Å²) in [6.07, 6.45) is 0.957. The van der Waals surface area contributed by atoms with E-state index in [0.717, 1.165) is 6.42 Å². The Kier molecular flexibility index (Phi) is 2.66. The van der Waals surface area contributed by atoms with Gasteiger partial charge in [-0.2, -0.15) is 10.2 Å². The highest BCUT2D eigenvalue weighted by Gasteiger charge is 2.15. The van der Waals surface area contributed by atoms with Crippen molar-refractivity contribution >= 4 is 0 Å². The van der Waals surface area contributed by atoms with Gasteiger partial charge in [0, 0.05) is 6.42 Å². The summed E-state index contributed by atoms with van der Waals surface area (Å²) in [5, 5.41) is 12.2. The maximum Gasteiger partial charge on any atom is 0.240 e. The van der Waals surface area contributed by atoms with Crippen molar-refractivity contribution < 1.29 is 4.52 Å². The molecule has 4 heteroatoms. The van der Waals surface area contributed by atoms with Gasteiger partial charge in [-0.15, -0.1) is 0 Å². The molecule has 0 radical (unpaired) electrons. The second-order valence-corrected chi connectivity index (χ2v) is 4.18. The molecular weight excluding hydrogens is 166 g/mol. The van der Waals surface area contributed by atoms with Crippen LogP contribution in [0.1, 0.15) is 32.5 Å². The smallest absolute Gasteiger partial charge is 0.240 e. The number of aromatic nitrogens is 2. The SMILES string of the molecule is CC(C)(C)Cc1noc(CC#N)n1. The molecule has 13 heavy (non-hydrogen) atoms. The third-order valence-electron chi connectivity index (χ3n) is 1.43. The van der Waals surface area contributed by atoms with Crippen molar-refractivity contribution in [2.75, 3.05) is 0 Å². The normalized spacial score (nSPS) is 11.2. The van der Waals surface area contributed by atoms with Crippen LogP contribution in [0.15, 0.2) is 4.52 Å². The number of hydrogen-bond acceptors (Lipinski definition) is 4. The molecule has 0 N–H and O–H groups in total. The molecule has 0 saturated carbocycles. The highest BCUT2D eigenvalue weighted by atomic mass is 16.5. The van der Waals surface area contributed by atoms with E-state index < -0.39 is 0 Å². The molecule has 1 rings (SSSR count). The van der Waals surface area contributed by atoms with Gasteiger partial charge in [-0.25, -0.2) is 0 Å². The Labute approximate surface area is 77.6 Å². The molecule has 1 aromatic heterocycles. The van der Waals surface area contributed by atoms with Crippen molar-refractivity contribution in [1.82, 2.24) is 10.1 Å². The number of rotatable bonds is 2. The molecule has 0 aliphatic heterocycles. The van der Waals surface area contributed by atoms with Crippen LogP contribution in [0.4, 0.5) is 0 Å². The zero-order valence-corrected chi connectivity index (χ0v) is 8.16. The highest BCUT2D eigenvalue weighted by Crippen LogP contribution is 2.18. The van der Waals surface area contributed by atoms with Gasteiger partial charge in [0.2, 0.25) is 5.89 Å². The molecular formula is C9H13N3O. The molecule has 0 spiro atoms. The van der Waals surface area contributed by atoms with Crippen molar-refractivity contribution in [3.8, 4) is 6.07 Å². The Hall–Kier alpha value is -1.37. The van der Waals surface area contributed by atoms with Gasteiger partial charge in [0.15, 0.2) is 5.82 Å². The van der Waals surface area contributed by atoms with Crippen molar-refractivity contribution in [3.63, 3.8) is 0 Å². The topological polar surface area (TPSA) is 62.7 Å². The maximum atomic E-state index is 8.38. The fraction of sp³-hybridized carbons (Fsp3) is 0.667. The Morgan fingerprint density at radius 3 is 2.69 bits per heavy atom. The second-order valence-electron chi connectivity index (χ2n) is 4.18. The van der Waals surface area contributed by atoms with Crippen LogP contribution >= 0.6 is 0 Å². The first-order valence-electron chi connectivity index (χ1n) is 4.20. The van der Waals surface area contributed by atoms with Crippen LogP contribution in [0.3, 0.4) is 0 Å². The van der Waals surface area contributed by atoms with Crippen molar-refractivity contribution in [2.45, 2.75) is 33.6 Å². The quantitative estimate of drug-likeness (QED) is 0.693. The first-order chi connectivity index (χ1) is 6.01. The van der Waals surface area contributed by atoms with Gasteiger partial charge in [-0.05, 0) is 5.41 Å². The standard InChI is InChI=1S/C9H13N3O/c1-9(2,3)6-7-11-8(4-5-10)13-12-7/h4,6H2,1-3H3. The van der Waals surface area contributed by atoms with E-state index in [-0.39, 0.29) is 11.8 Å². The van der Waals surface area contributed by atoms with Gasteiger partial charge in [-0.3, -0.25) is 0 Å². The number of nitriles is 1. The summed E-state index contributed by atoms with van der Waals surface area (Å²) in [6, 6.07) is 1.96. The average Bonchev–Trinajstić information content (AvgIpc) is 2.33. The van der Waals surface area contributed by atoms with Gasteiger partial charge in [0.1, 0.15) is 6.42 Å². The van der Waals surface area contributed by atoms with E-state index in [4.69, 9.17) is 9.78 Å². The Morgan fingerprint density at radius 2 is 2.15 bits per heavy atom. The monoisotopic (exact) mass is 179 g/mol. The summed E-state index contributed by atoms with van der Waals surface area (Å²) in [7, 11) is 0. The molecule has 0 amide bonds. The van der Waals surface area contributed by atoms with Gasteiger partial charge in [0.05, 0.1) is 6.07 Å². The van der Waals surface area contributed by atoms with E-state index in [1.54, 1.807) is 0 Å². The Bertz CT molecular complexity index is 316. The minimum absolute atomic E-state index is 0.147. The summed E-state index contributed by atoms with van der Waals surface area (Å²) >= 11 is 0. The van der Waals surface area contributed by atoms with E-state index >= 15 is 0 Å². The van der Waals surface area contributed by atoms with Crippen LogP contribution in [0.5, 0.6) is 0 Å². The van der Waals surface area contributed by atoms with Crippen molar-refractivity contribution in [1.29, 1.82) is 5.26 Å². The van der Waals surface area contributed by atoms with E-state index in [2.05, 4.69) is 30.9 Å². The second kappa shape index (κ2) is 3.56. The molecule has 0 atom stereocenters. The van der Waals surface area contributed by atoms with Gasteiger partial charge in [-0.1, -0.05) is 25.9 Å². The number of nitrogens with zero attached hydrogens (tertiary/aromatic N) is 3. The molecule has 0 bridgehead atoms. The maximum absolute atomic E-state index is 8.38. The predicted molar refractivity (Wildman–Crippen MR) is 46.8 cm³/mol. The summed E-state index contributed by atoms with van der Waals surface area (Å²) < 4.78 is 4.87. The molecule has 0 unspecified atom stereocenters. The summed E-state index contributed by atoms with van der Waals surface area (Å²) in [5.41, 5.74) is 0.147.